The Kier molecular flexibility index (Phi) is 3.72. The van der Waals surface area contributed by atoms with Gasteiger partial charge in [-0.15, -0.1) is 0 Å². The van der Waals surface area contributed by atoms with Crippen LogP contribution in [0, 0.1) is 11.3 Å². The first kappa shape index (κ1) is 13.2. The van der Waals surface area contributed by atoms with Gasteiger partial charge in [0.25, 0.3) is 0 Å². The van der Waals surface area contributed by atoms with E-state index in [4.69, 9.17) is 16.9 Å². The lowest BCUT2D eigenvalue weighted by molar-refractivity contribution is 0.402. The van der Waals surface area contributed by atoms with Crippen molar-refractivity contribution in [3.8, 4) is 11.8 Å². The van der Waals surface area contributed by atoms with Gasteiger partial charge in [0, 0.05) is 11.7 Å². The van der Waals surface area contributed by atoms with E-state index in [9.17, 15) is 0 Å². The molecule has 1 aliphatic heterocycles. The zero-order valence-corrected chi connectivity index (χ0v) is 11.8. The van der Waals surface area contributed by atoms with Gasteiger partial charge in [-0.2, -0.15) is 5.26 Å². The molecule has 5 heteroatoms. The van der Waals surface area contributed by atoms with Gasteiger partial charge in [-0.25, -0.2) is 4.98 Å². The van der Waals surface area contributed by atoms with Crippen molar-refractivity contribution in [2.45, 2.75) is 25.3 Å². The van der Waals surface area contributed by atoms with Crippen molar-refractivity contribution in [3.05, 3.63) is 47.0 Å². The summed E-state index contributed by atoms with van der Waals surface area (Å²) in [4.78, 5) is 4.26. The summed E-state index contributed by atoms with van der Waals surface area (Å²) in [6.45, 7) is 1.05. The molecule has 1 unspecified atom stereocenters. The van der Waals surface area contributed by atoms with Crippen LogP contribution in [-0.2, 0) is 0 Å². The van der Waals surface area contributed by atoms with E-state index in [1.165, 1.54) is 12.8 Å². The Hall–Kier alpha value is -1.83. The van der Waals surface area contributed by atoms with Gasteiger partial charge in [-0.1, -0.05) is 18.0 Å². The maximum Gasteiger partial charge on any atom is 0.101 e. The van der Waals surface area contributed by atoms with Crippen LogP contribution in [0.1, 0.15) is 36.6 Å². The molecule has 1 atom stereocenters. The third-order valence-electron chi connectivity index (χ3n) is 3.69. The number of rotatable bonds is 2. The van der Waals surface area contributed by atoms with Crippen molar-refractivity contribution in [1.29, 1.82) is 5.26 Å². The number of halogens is 1. The van der Waals surface area contributed by atoms with Crippen LogP contribution in [0.4, 0.5) is 0 Å². The van der Waals surface area contributed by atoms with E-state index >= 15 is 0 Å². The average Bonchev–Trinajstić information content (AvgIpc) is 2.97. The van der Waals surface area contributed by atoms with Crippen molar-refractivity contribution in [2.24, 2.45) is 0 Å². The van der Waals surface area contributed by atoms with Crippen molar-refractivity contribution in [2.75, 3.05) is 6.54 Å². The van der Waals surface area contributed by atoms with Crippen LogP contribution in [0.2, 0.25) is 5.02 Å². The van der Waals surface area contributed by atoms with Crippen molar-refractivity contribution in [3.63, 3.8) is 0 Å². The first-order valence-corrected chi connectivity index (χ1v) is 7.13. The largest absolute Gasteiger partial charge is 0.309 e. The highest BCUT2D eigenvalue weighted by Crippen LogP contribution is 2.26. The molecule has 1 saturated heterocycles. The summed E-state index contributed by atoms with van der Waals surface area (Å²) in [5.41, 5.74) is 2.58. The monoisotopic (exact) mass is 286 g/mol. The maximum absolute atomic E-state index is 8.93. The van der Waals surface area contributed by atoms with Gasteiger partial charge in [-0.05, 0) is 37.6 Å². The minimum atomic E-state index is 0.334. The number of aromatic nitrogens is 2. The molecule has 0 spiro atoms. The molecule has 2 heterocycles. The Morgan fingerprint density at radius 3 is 3.00 bits per heavy atom. The van der Waals surface area contributed by atoms with Crippen LogP contribution < -0.4 is 5.32 Å². The van der Waals surface area contributed by atoms with Gasteiger partial charge in [-0.3, -0.25) is 0 Å². The number of piperidine rings is 1. The lowest BCUT2D eigenvalue weighted by atomic mass is 10.0. The zero-order chi connectivity index (χ0) is 13.9. The number of nitriles is 1. The van der Waals surface area contributed by atoms with Gasteiger partial charge in [0.2, 0.25) is 0 Å². The van der Waals surface area contributed by atoms with Crippen LogP contribution in [-0.4, -0.2) is 16.1 Å². The van der Waals surface area contributed by atoms with E-state index in [1.54, 1.807) is 12.4 Å². The molecule has 1 aromatic heterocycles. The molecule has 4 nitrogen and oxygen atoms in total. The second-order valence-electron chi connectivity index (χ2n) is 4.97. The average molecular weight is 287 g/mol. The van der Waals surface area contributed by atoms with Crippen LogP contribution in [0.5, 0.6) is 0 Å². The molecular formula is C15H15ClN4. The molecule has 0 aliphatic carbocycles. The van der Waals surface area contributed by atoms with Crippen LogP contribution in [0.3, 0.4) is 0 Å². The number of nitrogens with zero attached hydrogens (tertiary/aromatic N) is 3. The van der Waals surface area contributed by atoms with Crippen LogP contribution in [0.15, 0.2) is 30.7 Å². The zero-order valence-electron chi connectivity index (χ0n) is 11.0. The maximum atomic E-state index is 8.93. The highest BCUT2D eigenvalue weighted by atomic mass is 35.5. The Morgan fingerprint density at radius 1 is 1.40 bits per heavy atom. The minimum absolute atomic E-state index is 0.334. The summed E-state index contributed by atoms with van der Waals surface area (Å²) >= 11 is 6.11. The van der Waals surface area contributed by atoms with E-state index < -0.39 is 0 Å². The van der Waals surface area contributed by atoms with Crippen molar-refractivity contribution in [1.82, 2.24) is 14.9 Å². The number of nitrogens with one attached hydrogen (secondary N) is 1. The summed E-state index contributed by atoms with van der Waals surface area (Å²) in [7, 11) is 0. The smallest absolute Gasteiger partial charge is 0.101 e. The normalized spacial score (nSPS) is 18.7. The van der Waals surface area contributed by atoms with E-state index in [0.717, 1.165) is 24.3 Å². The molecule has 1 aliphatic rings. The molecule has 0 saturated carbocycles. The lowest BCUT2D eigenvalue weighted by Crippen LogP contribution is -2.28. The predicted molar refractivity (Wildman–Crippen MR) is 77.9 cm³/mol. The SMILES string of the molecule is N#Cc1ccc(-n2cncc2C2CCCCN2)cc1Cl. The quantitative estimate of drug-likeness (QED) is 0.922. The molecule has 1 aromatic carbocycles. The Labute approximate surface area is 123 Å². The van der Waals surface area contributed by atoms with Gasteiger partial charge in [0.15, 0.2) is 0 Å². The first-order valence-electron chi connectivity index (χ1n) is 6.75. The van der Waals surface area contributed by atoms with Crippen LogP contribution >= 0.6 is 11.6 Å². The molecule has 20 heavy (non-hydrogen) atoms. The fourth-order valence-electron chi connectivity index (χ4n) is 2.63. The highest BCUT2D eigenvalue weighted by molar-refractivity contribution is 6.31. The van der Waals surface area contributed by atoms with Gasteiger partial charge in [0.1, 0.15) is 6.07 Å². The fraction of sp³-hybridized carbons (Fsp3) is 0.333. The molecule has 0 radical (unpaired) electrons. The standard InChI is InChI=1S/C15H15ClN4/c16-13-7-12(5-4-11(13)8-17)20-10-18-9-15(20)14-3-1-2-6-19-14/h4-5,7,9-10,14,19H,1-3,6H2. The summed E-state index contributed by atoms with van der Waals surface area (Å²) in [5.74, 6) is 0. The number of hydrogen-bond donors (Lipinski definition) is 1. The first-order chi connectivity index (χ1) is 9.79. The number of hydrogen-bond acceptors (Lipinski definition) is 3. The van der Waals surface area contributed by atoms with Gasteiger partial charge >= 0.3 is 0 Å². The summed E-state index contributed by atoms with van der Waals surface area (Å²) < 4.78 is 2.04. The Morgan fingerprint density at radius 2 is 2.30 bits per heavy atom. The van der Waals surface area contributed by atoms with Gasteiger partial charge in [0.05, 0.1) is 28.8 Å². The number of benzene rings is 1. The second-order valence-corrected chi connectivity index (χ2v) is 5.37. The lowest BCUT2D eigenvalue weighted by Gasteiger charge is -2.24. The second kappa shape index (κ2) is 5.66. The third kappa shape index (κ3) is 2.43. The van der Waals surface area contributed by atoms with Crippen molar-refractivity contribution < 1.29 is 0 Å². The van der Waals surface area contributed by atoms with E-state index in [2.05, 4.69) is 16.4 Å². The number of imidazole rings is 1. The summed E-state index contributed by atoms with van der Waals surface area (Å²) in [6.07, 6.45) is 7.28. The van der Waals surface area contributed by atoms with Crippen LogP contribution in [0.25, 0.3) is 5.69 Å². The molecular weight excluding hydrogens is 272 g/mol. The van der Waals surface area contributed by atoms with E-state index in [0.29, 0.717) is 16.6 Å². The van der Waals surface area contributed by atoms with Crippen molar-refractivity contribution >= 4 is 11.6 Å². The Bertz CT molecular complexity index is 650. The van der Waals surface area contributed by atoms with Gasteiger partial charge < -0.3 is 9.88 Å². The Balaban J connectivity index is 1.97. The molecule has 0 bridgehead atoms. The molecule has 0 amide bonds. The van der Waals surface area contributed by atoms with E-state index in [-0.39, 0.29) is 0 Å². The predicted octanol–water partition coefficient (Wildman–Crippen LogP) is 3.21. The minimum Gasteiger partial charge on any atom is -0.309 e. The molecule has 102 valence electrons. The molecule has 1 fully saturated rings. The highest BCUT2D eigenvalue weighted by Gasteiger charge is 2.19. The summed E-state index contributed by atoms with van der Waals surface area (Å²) in [6, 6.07) is 7.87. The van der Waals surface area contributed by atoms with E-state index in [1.807, 2.05) is 22.9 Å². The topological polar surface area (TPSA) is 53.6 Å². The third-order valence-corrected chi connectivity index (χ3v) is 4.00. The molecule has 3 rings (SSSR count). The fourth-order valence-corrected chi connectivity index (χ4v) is 2.84. The summed E-state index contributed by atoms with van der Waals surface area (Å²) in [5, 5.41) is 12.9. The molecule has 2 aromatic rings. The molecule has 1 N–H and O–H groups in total.